The normalized spacial score (nSPS) is 10.9. The van der Waals surface area contributed by atoms with E-state index in [0.29, 0.717) is 5.65 Å². The maximum absolute atomic E-state index is 12.1. The highest BCUT2D eigenvalue weighted by atomic mass is 127. The van der Waals surface area contributed by atoms with Crippen molar-refractivity contribution in [1.29, 1.82) is 0 Å². The monoisotopic (exact) mass is 337 g/mol. The fourth-order valence-electron chi connectivity index (χ4n) is 1.69. The second-order valence-electron chi connectivity index (χ2n) is 3.60. The smallest absolute Gasteiger partial charge is 0.250 e. The van der Waals surface area contributed by atoms with Crippen LogP contribution >= 0.6 is 22.6 Å². The fourth-order valence-corrected chi connectivity index (χ4v) is 2.13. The van der Waals surface area contributed by atoms with E-state index in [0.717, 1.165) is 9.26 Å². The first-order chi connectivity index (χ1) is 8.25. The van der Waals surface area contributed by atoms with Gasteiger partial charge in [0, 0.05) is 9.77 Å². The Bertz CT molecular complexity index is 730. The third-order valence-electron chi connectivity index (χ3n) is 2.49. The van der Waals surface area contributed by atoms with Crippen LogP contribution in [0.4, 0.5) is 0 Å². The molecule has 5 heteroatoms. The minimum atomic E-state index is -0.150. The highest BCUT2D eigenvalue weighted by Crippen LogP contribution is 2.08. The summed E-state index contributed by atoms with van der Waals surface area (Å²) < 4.78 is 4.00. The number of hydrogen-bond acceptors (Lipinski definition) is 2. The average Bonchev–Trinajstić information content (AvgIpc) is 2.67. The average molecular weight is 337 g/mol. The zero-order valence-corrected chi connectivity index (χ0v) is 10.9. The lowest BCUT2D eigenvalue weighted by molar-refractivity contribution is 0.838. The molecule has 84 valence electrons. The third-order valence-corrected chi connectivity index (χ3v) is 3.16. The van der Waals surface area contributed by atoms with Gasteiger partial charge in [-0.15, -0.1) is 5.10 Å². The van der Waals surface area contributed by atoms with E-state index in [9.17, 15) is 4.79 Å². The molecule has 4 nitrogen and oxygen atoms in total. The van der Waals surface area contributed by atoms with E-state index in [1.54, 1.807) is 6.20 Å². The highest BCUT2D eigenvalue weighted by Gasteiger charge is 2.07. The summed E-state index contributed by atoms with van der Waals surface area (Å²) in [5.74, 6) is 0. The molecule has 2 heterocycles. The van der Waals surface area contributed by atoms with E-state index in [-0.39, 0.29) is 5.69 Å². The number of fused-ring (bicyclic) bond motifs is 1. The predicted molar refractivity (Wildman–Crippen MR) is 73.5 cm³/mol. The van der Waals surface area contributed by atoms with E-state index < -0.39 is 0 Å². The molecule has 0 atom stereocenters. The zero-order chi connectivity index (χ0) is 11.8. The van der Waals surface area contributed by atoms with E-state index in [2.05, 4.69) is 27.7 Å². The Hall–Kier alpha value is -1.63. The van der Waals surface area contributed by atoms with Gasteiger partial charge >= 0.3 is 5.69 Å². The molecule has 0 fully saturated rings. The molecule has 0 aliphatic carbocycles. The van der Waals surface area contributed by atoms with Crippen LogP contribution in [0.15, 0.2) is 53.5 Å². The quantitative estimate of drug-likeness (QED) is 0.638. The van der Waals surface area contributed by atoms with Crippen molar-refractivity contribution >= 4 is 28.2 Å². The van der Waals surface area contributed by atoms with Crippen LogP contribution in [0, 0.1) is 3.57 Å². The van der Waals surface area contributed by atoms with Gasteiger partial charge in [0.1, 0.15) is 0 Å². The molecule has 0 bridgehead atoms. The van der Waals surface area contributed by atoms with Gasteiger partial charge in [0.05, 0.1) is 5.69 Å². The molecule has 0 radical (unpaired) electrons. The third kappa shape index (κ3) is 1.76. The number of benzene rings is 1. The maximum atomic E-state index is 12.1. The molecule has 0 aliphatic rings. The number of pyridine rings is 1. The SMILES string of the molecule is O=c1n(-c2ccccc2)nc2cc(I)ccn12. The zero-order valence-electron chi connectivity index (χ0n) is 8.75. The van der Waals surface area contributed by atoms with Crippen LogP contribution in [0.5, 0.6) is 0 Å². The van der Waals surface area contributed by atoms with Crippen molar-refractivity contribution in [3.05, 3.63) is 62.7 Å². The van der Waals surface area contributed by atoms with Crippen molar-refractivity contribution < 1.29 is 0 Å². The summed E-state index contributed by atoms with van der Waals surface area (Å²) >= 11 is 2.20. The van der Waals surface area contributed by atoms with Crippen molar-refractivity contribution in [2.75, 3.05) is 0 Å². The van der Waals surface area contributed by atoms with Crippen molar-refractivity contribution in [1.82, 2.24) is 14.2 Å². The van der Waals surface area contributed by atoms with E-state index in [4.69, 9.17) is 0 Å². The van der Waals surface area contributed by atoms with Gasteiger partial charge in [-0.25, -0.2) is 9.20 Å². The molecule has 1 aromatic carbocycles. The largest absolute Gasteiger partial charge is 0.355 e. The number of hydrogen-bond donors (Lipinski definition) is 0. The van der Waals surface area contributed by atoms with Gasteiger partial charge in [0.15, 0.2) is 5.65 Å². The van der Waals surface area contributed by atoms with E-state index >= 15 is 0 Å². The second-order valence-corrected chi connectivity index (χ2v) is 4.85. The van der Waals surface area contributed by atoms with Gasteiger partial charge in [-0.2, -0.15) is 4.68 Å². The summed E-state index contributed by atoms with van der Waals surface area (Å²) in [4.78, 5) is 12.1. The summed E-state index contributed by atoms with van der Waals surface area (Å²) in [6.07, 6.45) is 1.74. The Morgan fingerprint density at radius 3 is 2.65 bits per heavy atom. The van der Waals surface area contributed by atoms with Gasteiger partial charge in [-0.1, -0.05) is 18.2 Å². The lowest BCUT2D eigenvalue weighted by atomic mass is 10.3. The van der Waals surface area contributed by atoms with Gasteiger partial charge < -0.3 is 0 Å². The Kier molecular flexibility index (Phi) is 2.47. The molecule has 3 aromatic rings. The maximum Gasteiger partial charge on any atom is 0.355 e. The molecular weight excluding hydrogens is 329 g/mol. The summed E-state index contributed by atoms with van der Waals surface area (Å²) in [6, 6.07) is 13.2. The molecule has 2 aromatic heterocycles. The van der Waals surface area contributed by atoms with Crippen molar-refractivity contribution in [3.63, 3.8) is 0 Å². The number of halogens is 1. The fraction of sp³-hybridized carbons (Fsp3) is 0. The molecule has 0 N–H and O–H groups in total. The van der Waals surface area contributed by atoms with Crippen LogP contribution in [0.2, 0.25) is 0 Å². The Morgan fingerprint density at radius 2 is 1.88 bits per heavy atom. The molecule has 0 spiro atoms. The molecule has 0 saturated carbocycles. The molecule has 0 aliphatic heterocycles. The van der Waals surface area contributed by atoms with Crippen LogP contribution in [-0.2, 0) is 0 Å². The summed E-state index contributed by atoms with van der Waals surface area (Å²) in [5, 5.41) is 4.31. The molecule has 17 heavy (non-hydrogen) atoms. The van der Waals surface area contributed by atoms with Crippen molar-refractivity contribution in [2.24, 2.45) is 0 Å². The lowest BCUT2D eigenvalue weighted by Crippen LogP contribution is -2.19. The lowest BCUT2D eigenvalue weighted by Gasteiger charge is -1.96. The highest BCUT2D eigenvalue weighted by molar-refractivity contribution is 14.1. The van der Waals surface area contributed by atoms with E-state index in [1.807, 2.05) is 42.5 Å². The van der Waals surface area contributed by atoms with Crippen molar-refractivity contribution in [2.45, 2.75) is 0 Å². The van der Waals surface area contributed by atoms with Crippen LogP contribution in [0.3, 0.4) is 0 Å². The van der Waals surface area contributed by atoms with Gasteiger partial charge in [0.2, 0.25) is 0 Å². The first-order valence-corrected chi connectivity index (χ1v) is 6.16. The Balaban J connectivity index is 2.32. The number of para-hydroxylation sites is 1. The first kappa shape index (κ1) is 10.5. The number of rotatable bonds is 1. The second kappa shape index (κ2) is 3.99. The van der Waals surface area contributed by atoms with Gasteiger partial charge in [-0.3, -0.25) is 0 Å². The summed E-state index contributed by atoms with van der Waals surface area (Å²) in [7, 11) is 0. The Labute approximate surface area is 111 Å². The molecule has 0 saturated heterocycles. The Morgan fingerprint density at radius 1 is 1.12 bits per heavy atom. The van der Waals surface area contributed by atoms with Crippen LogP contribution in [0.25, 0.3) is 11.3 Å². The molecular formula is C12H8IN3O. The number of nitrogens with zero attached hydrogens (tertiary/aromatic N) is 3. The minimum absolute atomic E-state index is 0.150. The standard InChI is InChI=1S/C12H8IN3O/c13-9-6-7-15-11(8-9)14-16(12(15)17)10-4-2-1-3-5-10/h1-8H. The van der Waals surface area contributed by atoms with E-state index in [1.165, 1.54) is 9.08 Å². The molecule has 3 rings (SSSR count). The molecule has 0 amide bonds. The van der Waals surface area contributed by atoms with Gasteiger partial charge in [0.25, 0.3) is 0 Å². The topological polar surface area (TPSA) is 39.3 Å². The first-order valence-electron chi connectivity index (χ1n) is 5.08. The number of aromatic nitrogens is 3. The molecule has 0 unspecified atom stereocenters. The van der Waals surface area contributed by atoms with Crippen LogP contribution in [-0.4, -0.2) is 14.2 Å². The summed E-state index contributed by atoms with van der Waals surface area (Å²) in [5.41, 5.74) is 1.28. The van der Waals surface area contributed by atoms with Crippen LogP contribution < -0.4 is 5.69 Å². The van der Waals surface area contributed by atoms with Crippen LogP contribution in [0.1, 0.15) is 0 Å². The summed E-state index contributed by atoms with van der Waals surface area (Å²) in [6.45, 7) is 0. The van der Waals surface area contributed by atoms with Gasteiger partial charge in [-0.05, 0) is 46.9 Å². The minimum Gasteiger partial charge on any atom is -0.250 e. The van der Waals surface area contributed by atoms with Crippen molar-refractivity contribution in [3.8, 4) is 5.69 Å². The predicted octanol–water partition coefficient (Wildman–Crippen LogP) is 2.09.